The highest BCUT2D eigenvalue weighted by atomic mass is 19.4. The number of nitrogens with one attached hydrogen (secondary N) is 1. The standard InChI is InChI=1S/C15H16F3NO.C3H7NO.C3H8/c1-3-5-10-11-8-9(14(20)15(16,17)18)6-7-13(11)19-12(10)4-2;1-2-3(4)5;1-3-2/h6-8,19H,3-5H2,1-2H3;2H2,1H3,(H2,4,5);3H2,1-2H3. The number of fused-ring (bicyclic) bond motifs is 1. The van der Waals surface area contributed by atoms with Crippen LogP contribution >= 0.6 is 0 Å². The zero-order valence-corrected chi connectivity index (χ0v) is 17.3. The summed E-state index contributed by atoms with van der Waals surface area (Å²) in [4.78, 5) is 24.1. The van der Waals surface area contributed by atoms with Gasteiger partial charge in [0, 0.05) is 28.6 Å². The van der Waals surface area contributed by atoms with E-state index in [0.717, 1.165) is 41.4 Å². The lowest BCUT2D eigenvalue weighted by Gasteiger charge is -2.06. The van der Waals surface area contributed by atoms with Gasteiger partial charge in [0.25, 0.3) is 5.78 Å². The number of aryl methyl sites for hydroxylation is 2. The predicted octanol–water partition coefficient (Wildman–Crippen LogP) is 5.73. The van der Waals surface area contributed by atoms with Gasteiger partial charge in [-0.2, -0.15) is 13.2 Å². The van der Waals surface area contributed by atoms with Gasteiger partial charge in [0.05, 0.1) is 0 Å². The molecule has 0 saturated carbocycles. The normalized spacial score (nSPS) is 10.6. The van der Waals surface area contributed by atoms with Crippen LogP contribution in [0.5, 0.6) is 0 Å². The van der Waals surface area contributed by atoms with Gasteiger partial charge in [-0.05, 0) is 36.6 Å². The lowest BCUT2D eigenvalue weighted by atomic mass is 10.0. The Hall–Kier alpha value is -2.31. The highest BCUT2D eigenvalue weighted by molar-refractivity contribution is 6.03. The molecule has 4 nitrogen and oxygen atoms in total. The quantitative estimate of drug-likeness (QED) is 0.629. The third kappa shape index (κ3) is 7.74. The van der Waals surface area contributed by atoms with Crippen LogP contribution in [0, 0.1) is 0 Å². The largest absolute Gasteiger partial charge is 0.454 e. The molecule has 2 aromatic rings. The van der Waals surface area contributed by atoms with Crippen molar-refractivity contribution in [1.29, 1.82) is 0 Å². The van der Waals surface area contributed by atoms with Gasteiger partial charge >= 0.3 is 6.18 Å². The first-order chi connectivity index (χ1) is 13.1. The molecule has 1 aromatic carbocycles. The Labute approximate surface area is 164 Å². The number of rotatable bonds is 5. The van der Waals surface area contributed by atoms with Gasteiger partial charge in [-0.3, -0.25) is 9.59 Å². The molecular formula is C21H31F3N2O2. The Morgan fingerprint density at radius 1 is 1.07 bits per heavy atom. The molecule has 1 aromatic heterocycles. The van der Waals surface area contributed by atoms with Gasteiger partial charge < -0.3 is 10.7 Å². The second kappa shape index (κ2) is 12.2. The van der Waals surface area contributed by atoms with E-state index in [1.807, 2.05) is 13.8 Å². The number of ketones is 1. The van der Waals surface area contributed by atoms with E-state index in [0.29, 0.717) is 6.42 Å². The summed E-state index contributed by atoms with van der Waals surface area (Å²) in [6.07, 6.45) is -0.667. The summed E-state index contributed by atoms with van der Waals surface area (Å²) in [5, 5.41) is 0.721. The summed E-state index contributed by atoms with van der Waals surface area (Å²) < 4.78 is 37.5. The molecule has 0 saturated heterocycles. The number of hydrogen-bond donors (Lipinski definition) is 2. The lowest BCUT2D eigenvalue weighted by Crippen LogP contribution is -2.22. The van der Waals surface area contributed by atoms with Crippen LogP contribution in [0.4, 0.5) is 13.2 Å². The molecule has 0 fully saturated rings. The summed E-state index contributed by atoms with van der Waals surface area (Å²) in [5.41, 5.74) is 7.17. The molecule has 3 N–H and O–H groups in total. The van der Waals surface area contributed by atoms with E-state index in [1.165, 1.54) is 18.6 Å². The van der Waals surface area contributed by atoms with E-state index in [4.69, 9.17) is 0 Å². The fourth-order valence-corrected chi connectivity index (χ4v) is 2.45. The second-order valence-electron chi connectivity index (χ2n) is 6.30. The Morgan fingerprint density at radius 2 is 1.61 bits per heavy atom. The van der Waals surface area contributed by atoms with E-state index in [-0.39, 0.29) is 11.5 Å². The van der Waals surface area contributed by atoms with Crippen LogP contribution in [0.15, 0.2) is 18.2 Å². The average molecular weight is 400 g/mol. The zero-order valence-electron chi connectivity index (χ0n) is 17.3. The van der Waals surface area contributed by atoms with Crippen molar-refractivity contribution in [2.24, 2.45) is 5.73 Å². The molecule has 158 valence electrons. The van der Waals surface area contributed by atoms with Crippen molar-refractivity contribution < 1.29 is 22.8 Å². The molecule has 0 aliphatic heterocycles. The Kier molecular flexibility index (Phi) is 11.2. The molecule has 1 heterocycles. The number of alkyl halides is 3. The number of carbonyl (C=O) groups is 2. The first-order valence-corrected chi connectivity index (χ1v) is 9.60. The van der Waals surface area contributed by atoms with Crippen LogP contribution in [-0.4, -0.2) is 22.9 Å². The highest BCUT2D eigenvalue weighted by Gasteiger charge is 2.39. The van der Waals surface area contributed by atoms with Gasteiger partial charge in [0.15, 0.2) is 0 Å². The summed E-state index contributed by atoms with van der Waals surface area (Å²) in [7, 11) is 0. The highest BCUT2D eigenvalue weighted by Crippen LogP contribution is 2.28. The minimum absolute atomic E-state index is 0.245. The van der Waals surface area contributed by atoms with Gasteiger partial charge in [-0.25, -0.2) is 0 Å². The van der Waals surface area contributed by atoms with Crippen molar-refractivity contribution in [3.8, 4) is 0 Å². The van der Waals surface area contributed by atoms with E-state index in [2.05, 4.69) is 24.6 Å². The van der Waals surface area contributed by atoms with Gasteiger partial charge in [-0.15, -0.1) is 0 Å². The third-order valence-corrected chi connectivity index (χ3v) is 3.72. The van der Waals surface area contributed by atoms with Crippen LogP contribution in [-0.2, 0) is 17.6 Å². The topological polar surface area (TPSA) is 76.0 Å². The minimum Gasteiger partial charge on any atom is -0.370 e. The van der Waals surface area contributed by atoms with Crippen molar-refractivity contribution in [1.82, 2.24) is 4.98 Å². The average Bonchev–Trinajstić information content (AvgIpc) is 2.99. The van der Waals surface area contributed by atoms with Crippen molar-refractivity contribution >= 4 is 22.6 Å². The number of hydrogen-bond acceptors (Lipinski definition) is 2. The Morgan fingerprint density at radius 3 is 2.00 bits per heavy atom. The molecule has 0 unspecified atom stereocenters. The third-order valence-electron chi connectivity index (χ3n) is 3.72. The molecule has 0 aliphatic carbocycles. The molecule has 0 aliphatic rings. The fraction of sp³-hybridized carbons (Fsp3) is 0.524. The first kappa shape index (κ1) is 25.7. The van der Waals surface area contributed by atoms with Crippen molar-refractivity contribution in [3.63, 3.8) is 0 Å². The number of aromatic amines is 1. The number of primary amides is 1. The van der Waals surface area contributed by atoms with Crippen molar-refractivity contribution in [2.45, 2.75) is 72.9 Å². The summed E-state index contributed by atoms with van der Waals surface area (Å²) in [6.45, 7) is 9.98. The second-order valence-corrected chi connectivity index (χ2v) is 6.30. The van der Waals surface area contributed by atoms with E-state index in [1.54, 1.807) is 13.0 Å². The number of nitrogens with two attached hydrogens (primary N) is 1. The molecule has 0 bridgehead atoms. The maximum Gasteiger partial charge on any atom is 0.454 e. The summed E-state index contributed by atoms with van der Waals surface area (Å²) >= 11 is 0. The summed E-state index contributed by atoms with van der Waals surface area (Å²) in [6, 6.07) is 4.13. The molecule has 0 spiro atoms. The number of Topliss-reactive ketones (excluding diaryl/α,β-unsaturated/α-hetero) is 1. The van der Waals surface area contributed by atoms with Crippen molar-refractivity contribution in [2.75, 3.05) is 0 Å². The van der Waals surface area contributed by atoms with Crippen LogP contribution in [0.3, 0.4) is 0 Å². The minimum atomic E-state index is -4.83. The van der Waals surface area contributed by atoms with E-state index < -0.39 is 12.0 Å². The van der Waals surface area contributed by atoms with Crippen LogP contribution in [0.2, 0.25) is 0 Å². The van der Waals surface area contributed by atoms with Crippen LogP contribution in [0.1, 0.15) is 75.5 Å². The molecule has 2 rings (SSSR count). The molecule has 0 atom stereocenters. The maximum absolute atomic E-state index is 12.5. The van der Waals surface area contributed by atoms with E-state index >= 15 is 0 Å². The molecule has 1 amide bonds. The van der Waals surface area contributed by atoms with Crippen LogP contribution in [0.25, 0.3) is 10.9 Å². The number of benzene rings is 1. The number of H-pyrrole nitrogens is 1. The number of halogens is 3. The summed E-state index contributed by atoms with van der Waals surface area (Å²) in [5.74, 6) is -2.04. The SMILES string of the molecule is CCC.CCC(N)=O.CCCc1c(CC)[nH]c2ccc(C(=O)C(F)(F)F)cc12. The first-order valence-electron chi connectivity index (χ1n) is 9.60. The fourth-order valence-electron chi connectivity index (χ4n) is 2.45. The van der Waals surface area contributed by atoms with Crippen LogP contribution < -0.4 is 5.73 Å². The monoisotopic (exact) mass is 400 g/mol. The molecule has 7 heteroatoms. The van der Waals surface area contributed by atoms with E-state index in [9.17, 15) is 22.8 Å². The number of carbonyl (C=O) groups excluding carboxylic acids is 2. The zero-order chi connectivity index (χ0) is 21.9. The Bertz CT molecular complexity index is 765. The molecule has 0 radical (unpaired) electrons. The molecular weight excluding hydrogens is 369 g/mol. The van der Waals surface area contributed by atoms with Gasteiger partial charge in [0.2, 0.25) is 5.91 Å². The lowest BCUT2D eigenvalue weighted by molar-refractivity contribution is -0.117. The Balaban J connectivity index is 0.000000777. The van der Waals surface area contributed by atoms with Crippen molar-refractivity contribution in [3.05, 3.63) is 35.0 Å². The maximum atomic E-state index is 12.5. The van der Waals surface area contributed by atoms with Gasteiger partial charge in [-0.1, -0.05) is 47.5 Å². The molecule has 28 heavy (non-hydrogen) atoms. The smallest absolute Gasteiger partial charge is 0.370 e. The number of amides is 1. The number of aromatic nitrogens is 1. The van der Waals surface area contributed by atoms with Gasteiger partial charge in [0.1, 0.15) is 0 Å². The predicted molar refractivity (Wildman–Crippen MR) is 108 cm³/mol.